The van der Waals surface area contributed by atoms with E-state index >= 15 is 0 Å². The van der Waals surface area contributed by atoms with Crippen molar-refractivity contribution in [1.82, 2.24) is 10.3 Å². The zero-order valence-electron chi connectivity index (χ0n) is 9.08. The third-order valence-corrected chi connectivity index (χ3v) is 2.87. The van der Waals surface area contributed by atoms with Gasteiger partial charge in [0.25, 0.3) is 0 Å². The molecular weight excluding hydrogens is 210 g/mol. The molecule has 1 rings (SSSR count). The van der Waals surface area contributed by atoms with Crippen molar-refractivity contribution in [1.29, 1.82) is 0 Å². The Hall–Kier alpha value is -0.650. The lowest BCUT2D eigenvalue weighted by Gasteiger charge is -2.05. The second-order valence-corrected chi connectivity index (χ2v) is 4.67. The fraction of sp³-hybridized carbons (Fsp3) is 0.700. The normalized spacial score (nSPS) is 12.9. The summed E-state index contributed by atoms with van der Waals surface area (Å²) in [4.78, 5) is 13.6. The molecule has 1 aromatic rings. The molecule has 0 aliphatic heterocycles. The summed E-state index contributed by atoms with van der Waals surface area (Å²) in [5.74, 6) is 0. The van der Waals surface area contributed by atoms with Crippen LogP contribution in [0, 0.1) is 0 Å². The average Bonchev–Trinajstić information content (AvgIpc) is 2.57. The molecular formula is C10H19N3OS. The summed E-state index contributed by atoms with van der Waals surface area (Å²) in [6.07, 6.45) is 3.37. The highest BCUT2D eigenvalue weighted by atomic mass is 32.1. The second kappa shape index (κ2) is 6.76. The van der Waals surface area contributed by atoms with Crippen molar-refractivity contribution < 1.29 is 0 Å². The van der Waals surface area contributed by atoms with Crippen molar-refractivity contribution in [3.8, 4) is 0 Å². The van der Waals surface area contributed by atoms with E-state index in [0.29, 0.717) is 6.04 Å². The maximum absolute atomic E-state index is 10.8. The molecule has 0 spiro atoms. The van der Waals surface area contributed by atoms with Gasteiger partial charge in [-0.3, -0.25) is 4.79 Å². The number of hydrogen-bond acceptors (Lipinski definition) is 4. The van der Waals surface area contributed by atoms with Gasteiger partial charge in [0, 0.05) is 23.7 Å². The topological polar surface area (TPSA) is 70.9 Å². The van der Waals surface area contributed by atoms with Crippen molar-refractivity contribution in [2.24, 2.45) is 5.73 Å². The van der Waals surface area contributed by atoms with Crippen LogP contribution >= 0.6 is 11.3 Å². The van der Waals surface area contributed by atoms with Gasteiger partial charge in [-0.05, 0) is 26.3 Å². The summed E-state index contributed by atoms with van der Waals surface area (Å²) in [7, 11) is 0. The molecule has 4 nitrogen and oxygen atoms in total. The lowest BCUT2D eigenvalue weighted by molar-refractivity contribution is 0.561. The van der Waals surface area contributed by atoms with Crippen LogP contribution in [0.15, 0.2) is 10.2 Å². The smallest absolute Gasteiger partial charge is 0.304 e. The SMILES string of the molecule is CC(N)CCCCNCc1csc(=O)[nH]1. The summed E-state index contributed by atoms with van der Waals surface area (Å²) < 4.78 is 0. The Labute approximate surface area is 93.9 Å². The highest BCUT2D eigenvalue weighted by Gasteiger charge is 1.96. The summed E-state index contributed by atoms with van der Waals surface area (Å²) in [6, 6.07) is 0.304. The first kappa shape index (κ1) is 12.4. The fourth-order valence-electron chi connectivity index (χ4n) is 1.34. The lowest BCUT2D eigenvalue weighted by Crippen LogP contribution is -2.18. The quantitative estimate of drug-likeness (QED) is 0.612. The molecule has 1 unspecified atom stereocenters. The van der Waals surface area contributed by atoms with E-state index in [1.165, 1.54) is 11.3 Å². The number of nitrogens with one attached hydrogen (secondary N) is 2. The molecule has 0 aliphatic rings. The van der Waals surface area contributed by atoms with Gasteiger partial charge in [0.2, 0.25) is 0 Å². The molecule has 5 heteroatoms. The Balaban J connectivity index is 2.00. The van der Waals surface area contributed by atoms with Crippen molar-refractivity contribution in [2.45, 2.75) is 38.8 Å². The van der Waals surface area contributed by atoms with Crippen molar-refractivity contribution in [3.63, 3.8) is 0 Å². The van der Waals surface area contributed by atoms with E-state index < -0.39 is 0 Å². The molecule has 0 fully saturated rings. The summed E-state index contributed by atoms with van der Waals surface area (Å²) in [5.41, 5.74) is 6.61. The van der Waals surface area contributed by atoms with Gasteiger partial charge >= 0.3 is 4.87 Å². The van der Waals surface area contributed by atoms with Crippen LogP contribution in [0.4, 0.5) is 0 Å². The van der Waals surface area contributed by atoms with Crippen LogP contribution in [0.5, 0.6) is 0 Å². The Kier molecular flexibility index (Phi) is 5.60. The highest BCUT2D eigenvalue weighted by molar-refractivity contribution is 7.07. The third-order valence-electron chi connectivity index (χ3n) is 2.15. The van der Waals surface area contributed by atoms with Crippen molar-refractivity contribution in [3.05, 3.63) is 20.7 Å². The van der Waals surface area contributed by atoms with Gasteiger partial charge in [0.05, 0.1) is 0 Å². The molecule has 0 aromatic carbocycles. The lowest BCUT2D eigenvalue weighted by atomic mass is 10.1. The van der Waals surface area contributed by atoms with Crippen LogP contribution in [0.25, 0.3) is 0 Å². The van der Waals surface area contributed by atoms with E-state index in [1.54, 1.807) is 0 Å². The predicted octanol–water partition coefficient (Wildman–Crippen LogP) is 1.04. The zero-order valence-corrected chi connectivity index (χ0v) is 9.90. The number of rotatable bonds is 7. The number of unbranched alkanes of at least 4 members (excludes halogenated alkanes) is 1. The summed E-state index contributed by atoms with van der Waals surface area (Å²) in [6.45, 7) is 3.75. The Morgan fingerprint density at radius 3 is 3.00 bits per heavy atom. The fourth-order valence-corrected chi connectivity index (χ4v) is 1.92. The molecule has 0 radical (unpaired) electrons. The molecule has 0 amide bonds. The molecule has 4 N–H and O–H groups in total. The van der Waals surface area contributed by atoms with E-state index in [4.69, 9.17) is 5.73 Å². The number of nitrogens with two attached hydrogens (primary N) is 1. The van der Waals surface area contributed by atoms with Gasteiger partial charge < -0.3 is 16.0 Å². The van der Waals surface area contributed by atoms with Crippen LogP contribution in [-0.2, 0) is 6.54 Å². The molecule has 15 heavy (non-hydrogen) atoms. The van der Waals surface area contributed by atoms with Gasteiger partial charge in [0.15, 0.2) is 0 Å². The predicted molar refractivity (Wildman–Crippen MR) is 64.1 cm³/mol. The highest BCUT2D eigenvalue weighted by Crippen LogP contribution is 1.98. The van der Waals surface area contributed by atoms with E-state index in [2.05, 4.69) is 10.3 Å². The van der Waals surface area contributed by atoms with Crippen molar-refractivity contribution in [2.75, 3.05) is 6.54 Å². The van der Waals surface area contributed by atoms with Gasteiger partial charge in [-0.1, -0.05) is 17.8 Å². The average molecular weight is 229 g/mol. The van der Waals surface area contributed by atoms with E-state index in [1.807, 2.05) is 12.3 Å². The maximum Gasteiger partial charge on any atom is 0.304 e. The van der Waals surface area contributed by atoms with Crippen molar-refractivity contribution >= 4 is 11.3 Å². The van der Waals surface area contributed by atoms with E-state index in [0.717, 1.165) is 38.0 Å². The Bertz CT molecular complexity index is 318. The summed E-state index contributed by atoms with van der Waals surface area (Å²) >= 11 is 1.21. The van der Waals surface area contributed by atoms with E-state index in [-0.39, 0.29) is 4.87 Å². The van der Waals surface area contributed by atoms with Gasteiger partial charge in [-0.2, -0.15) is 0 Å². The van der Waals surface area contributed by atoms with Crippen LogP contribution < -0.4 is 15.9 Å². The molecule has 0 saturated heterocycles. The monoisotopic (exact) mass is 229 g/mol. The van der Waals surface area contributed by atoms with Gasteiger partial charge in [0.1, 0.15) is 0 Å². The van der Waals surface area contributed by atoms with Crippen LogP contribution in [0.2, 0.25) is 0 Å². The third kappa shape index (κ3) is 5.71. The standard InChI is InChI=1S/C10H19N3OS/c1-8(11)4-2-3-5-12-6-9-7-15-10(14)13-9/h7-8,12H,2-6,11H2,1H3,(H,13,14). The first-order chi connectivity index (χ1) is 7.18. The molecule has 0 bridgehead atoms. The minimum Gasteiger partial charge on any atom is -0.328 e. The molecule has 86 valence electrons. The zero-order chi connectivity index (χ0) is 11.1. The number of hydrogen-bond donors (Lipinski definition) is 3. The molecule has 0 saturated carbocycles. The first-order valence-electron chi connectivity index (χ1n) is 5.31. The molecule has 1 atom stereocenters. The first-order valence-corrected chi connectivity index (χ1v) is 6.19. The minimum atomic E-state index is 0.0174. The van der Waals surface area contributed by atoms with Gasteiger partial charge in [-0.15, -0.1) is 0 Å². The maximum atomic E-state index is 10.8. The Morgan fingerprint density at radius 1 is 1.60 bits per heavy atom. The number of aromatic amines is 1. The molecule has 1 aromatic heterocycles. The minimum absolute atomic E-state index is 0.0174. The van der Waals surface area contributed by atoms with Gasteiger partial charge in [-0.25, -0.2) is 0 Å². The molecule has 1 heterocycles. The number of thiazole rings is 1. The molecule has 0 aliphatic carbocycles. The number of aromatic nitrogens is 1. The summed E-state index contributed by atoms with van der Waals surface area (Å²) in [5, 5.41) is 5.14. The van der Waals surface area contributed by atoms with Crippen LogP contribution in [0.1, 0.15) is 31.9 Å². The van der Waals surface area contributed by atoms with E-state index in [9.17, 15) is 4.79 Å². The van der Waals surface area contributed by atoms with Crippen LogP contribution in [0.3, 0.4) is 0 Å². The Morgan fingerprint density at radius 2 is 2.40 bits per heavy atom. The largest absolute Gasteiger partial charge is 0.328 e. The number of H-pyrrole nitrogens is 1. The van der Waals surface area contributed by atoms with Crippen LogP contribution in [-0.4, -0.2) is 17.6 Å². The second-order valence-electron chi connectivity index (χ2n) is 3.82.